The van der Waals surface area contributed by atoms with Gasteiger partial charge in [0, 0.05) is 13.1 Å². The van der Waals surface area contributed by atoms with Crippen LogP contribution in [0.3, 0.4) is 0 Å². The quantitative estimate of drug-likeness (QED) is 0.682. The molecule has 13 heavy (non-hydrogen) atoms. The lowest BCUT2D eigenvalue weighted by Gasteiger charge is -2.30. The molecule has 0 aromatic heterocycles. The van der Waals surface area contributed by atoms with Crippen molar-refractivity contribution in [2.45, 2.75) is 12.8 Å². The van der Waals surface area contributed by atoms with Crippen LogP contribution >= 0.6 is 0 Å². The second kappa shape index (κ2) is 3.55. The molecule has 0 radical (unpaired) electrons. The van der Waals surface area contributed by atoms with E-state index in [2.05, 4.69) is 5.32 Å². The zero-order valence-electron chi connectivity index (χ0n) is 7.70. The molecule has 0 bridgehead atoms. The SMILES string of the molecule is O=S1(=O)CCN1CCC1CCNC1. The fraction of sp³-hybridized carbons (Fsp3) is 1.00. The van der Waals surface area contributed by atoms with Crippen LogP contribution in [0.5, 0.6) is 0 Å². The maximum atomic E-state index is 11.1. The van der Waals surface area contributed by atoms with Crippen LogP contribution in [0.2, 0.25) is 0 Å². The van der Waals surface area contributed by atoms with E-state index in [0.717, 1.165) is 32.6 Å². The molecule has 0 amide bonds. The van der Waals surface area contributed by atoms with Crippen LogP contribution < -0.4 is 5.32 Å². The van der Waals surface area contributed by atoms with Crippen LogP contribution in [0.4, 0.5) is 0 Å². The average molecular weight is 204 g/mol. The molecule has 2 rings (SSSR count). The van der Waals surface area contributed by atoms with Gasteiger partial charge in [0.15, 0.2) is 0 Å². The Labute approximate surface area is 79.4 Å². The van der Waals surface area contributed by atoms with E-state index >= 15 is 0 Å². The number of hydrogen-bond donors (Lipinski definition) is 1. The first-order chi connectivity index (χ1) is 6.18. The normalized spacial score (nSPS) is 33.1. The van der Waals surface area contributed by atoms with E-state index in [4.69, 9.17) is 0 Å². The molecule has 0 aliphatic carbocycles. The third-order valence-electron chi connectivity index (χ3n) is 2.94. The number of sulfonamides is 1. The zero-order valence-corrected chi connectivity index (χ0v) is 8.52. The Morgan fingerprint density at radius 2 is 2.31 bits per heavy atom. The Balaban J connectivity index is 1.73. The lowest BCUT2D eigenvalue weighted by molar-refractivity contribution is 0.351. The molecule has 0 aromatic rings. The highest BCUT2D eigenvalue weighted by Gasteiger charge is 2.32. The van der Waals surface area contributed by atoms with Crippen molar-refractivity contribution in [3.8, 4) is 0 Å². The number of hydrogen-bond acceptors (Lipinski definition) is 3. The van der Waals surface area contributed by atoms with E-state index < -0.39 is 10.0 Å². The molecule has 2 heterocycles. The lowest BCUT2D eigenvalue weighted by Crippen LogP contribution is -2.48. The molecule has 1 unspecified atom stereocenters. The van der Waals surface area contributed by atoms with E-state index in [9.17, 15) is 8.42 Å². The highest BCUT2D eigenvalue weighted by atomic mass is 32.2. The molecule has 2 aliphatic heterocycles. The summed E-state index contributed by atoms with van der Waals surface area (Å²) in [6.45, 7) is 3.63. The van der Waals surface area contributed by atoms with Crippen LogP contribution in [-0.2, 0) is 10.0 Å². The van der Waals surface area contributed by atoms with Crippen molar-refractivity contribution in [3.63, 3.8) is 0 Å². The molecule has 76 valence electrons. The van der Waals surface area contributed by atoms with Crippen LogP contribution in [0, 0.1) is 5.92 Å². The molecule has 0 spiro atoms. The first-order valence-corrected chi connectivity index (χ1v) is 6.48. The number of nitrogens with one attached hydrogen (secondary N) is 1. The summed E-state index contributed by atoms with van der Waals surface area (Å²) in [6.07, 6.45) is 2.22. The van der Waals surface area contributed by atoms with E-state index in [-0.39, 0.29) is 0 Å². The van der Waals surface area contributed by atoms with Crippen LogP contribution in [0.15, 0.2) is 0 Å². The maximum Gasteiger partial charge on any atom is 0.215 e. The second-order valence-electron chi connectivity index (χ2n) is 3.86. The van der Waals surface area contributed by atoms with Gasteiger partial charge in [0.25, 0.3) is 0 Å². The fourth-order valence-corrected chi connectivity index (χ4v) is 3.03. The van der Waals surface area contributed by atoms with Crippen molar-refractivity contribution in [1.29, 1.82) is 0 Å². The smallest absolute Gasteiger partial charge is 0.215 e. The highest BCUT2D eigenvalue weighted by molar-refractivity contribution is 7.90. The Kier molecular flexibility index (Phi) is 2.58. The first kappa shape index (κ1) is 9.43. The standard InChI is InChI=1S/C8H16N2O2S/c11-13(12)6-5-10(13)4-2-8-1-3-9-7-8/h8-9H,1-7H2. The zero-order chi connectivity index (χ0) is 9.31. The molecule has 2 saturated heterocycles. The Bertz CT molecular complexity index is 270. The van der Waals surface area contributed by atoms with Gasteiger partial charge in [0.2, 0.25) is 10.0 Å². The van der Waals surface area contributed by atoms with Gasteiger partial charge >= 0.3 is 0 Å². The van der Waals surface area contributed by atoms with Crippen LogP contribution in [0.25, 0.3) is 0 Å². The fourth-order valence-electron chi connectivity index (χ4n) is 1.91. The lowest BCUT2D eigenvalue weighted by atomic mass is 10.1. The van der Waals surface area contributed by atoms with Gasteiger partial charge in [-0.1, -0.05) is 0 Å². The highest BCUT2D eigenvalue weighted by Crippen LogP contribution is 2.18. The van der Waals surface area contributed by atoms with E-state index in [1.54, 1.807) is 4.31 Å². The van der Waals surface area contributed by atoms with E-state index in [1.165, 1.54) is 6.42 Å². The third kappa shape index (κ3) is 2.03. The molecular formula is C8H16N2O2S. The largest absolute Gasteiger partial charge is 0.316 e. The minimum Gasteiger partial charge on any atom is -0.316 e. The molecule has 2 fully saturated rings. The summed E-state index contributed by atoms with van der Waals surface area (Å²) in [4.78, 5) is 0. The second-order valence-corrected chi connectivity index (χ2v) is 5.95. The summed E-state index contributed by atoms with van der Waals surface area (Å²) < 4.78 is 23.9. The van der Waals surface area contributed by atoms with Crippen molar-refractivity contribution < 1.29 is 8.42 Å². The molecule has 2 aliphatic rings. The van der Waals surface area contributed by atoms with Gasteiger partial charge in [-0.2, -0.15) is 0 Å². The summed E-state index contributed by atoms with van der Waals surface area (Å²) >= 11 is 0. The van der Waals surface area contributed by atoms with Crippen molar-refractivity contribution in [2.24, 2.45) is 5.92 Å². The van der Waals surface area contributed by atoms with Crippen LogP contribution in [-0.4, -0.2) is 44.7 Å². The van der Waals surface area contributed by atoms with Crippen molar-refractivity contribution in [2.75, 3.05) is 31.9 Å². The predicted octanol–water partition coefficient (Wildman–Crippen LogP) is -0.369. The van der Waals surface area contributed by atoms with Gasteiger partial charge in [-0.05, 0) is 31.8 Å². The van der Waals surface area contributed by atoms with Crippen LogP contribution in [0.1, 0.15) is 12.8 Å². The first-order valence-electron chi connectivity index (χ1n) is 4.87. The number of rotatable bonds is 3. The molecule has 1 atom stereocenters. The van der Waals surface area contributed by atoms with Crippen molar-refractivity contribution >= 4 is 10.0 Å². The Morgan fingerprint density at radius 1 is 1.46 bits per heavy atom. The van der Waals surface area contributed by atoms with Gasteiger partial charge < -0.3 is 5.32 Å². The molecule has 5 heteroatoms. The predicted molar refractivity (Wildman–Crippen MR) is 51.0 cm³/mol. The summed E-state index contributed by atoms with van der Waals surface area (Å²) in [7, 11) is -2.80. The summed E-state index contributed by atoms with van der Waals surface area (Å²) in [5.41, 5.74) is 0. The summed E-state index contributed by atoms with van der Waals surface area (Å²) in [5.74, 6) is 1.05. The Morgan fingerprint density at radius 3 is 2.77 bits per heavy atom. The number of nitrogens with zero attached hydrogens (tertiary/aromatic N) is 1. The van der Waals surface area contributed by atoms with E-state index in [0.29, 0.717) is 11.7 Å². The molecule has 1 N–H and O–H groups in total. The minimum atomic E-state index is -2.80. The van der Waals surface area contributed by atoms with Gasteiger partial charge in [-0.25, -0.2) is 12.7 Å². The van der Waals surface area contributed by atoms with Gasteiger partial charge in [-0.3, -0.25) is 0 Å². The third-order valence-corrected chi connectivity index (χ3v) is 4.79. The Hall–Kier alpha value is -0.130. The van der Waals surface area contributed by atoms with Gasteiger partial charge in [-0.15, -0.1) is 0 Å². The average Bonchev–Trinajstić information content (AvgIpc) is 2.55. The molecule has 0 saturated carbocycles. The maximum absolute atomic E-state index is 11.1. The summed E-state index contributed by atoms with van der Waals surface area (Å²) in [5, 5.41) is 3.28. The van der Waals surface area contributed by atoms with Crippen molar-refractivity contribution in [1.82, 2.24) is 9.62 Å². The van der Waals surface area contributed by atoms with E-state index in [1.807, 2.05) is 0 Å². The van der Waals surface area contributed by atoms with Gasteiger partial charge in [0.05, 0.1) is 5.75 Å². The van der Waals surface area contributed by atoms with Crippen molar-refractivity contribution in [3.05, 3.63) is 0 Å². The molecule has 4 nitrogen and oxygen atoms in total. The minimum absolute atomic E-state index is 0.357. The molecular weight excluding hydrogens is 188 g/mol. The molecule has 0 aromatic carbocycles. The monoisotopic (exact) mass is 204 g/mol. The topological polar surface area (TPSA) is 49.4 Å². The van der Waals surface area contributed by atoms with Gasteiger partial charge in [0.1, 0.15) is 0 Å². The summed E-state index contributed by atoms with van der Waals surface area (Å²) in [6, 6.07) is 0.